The Kier molecular flexibility index (Phi) is 6.87. The van der Waals surface area contributed by atoms with Gasteiger partial charge in [-0.2, -0.15) is 0 Å². The summed E-state index contributed by atoms with van der Waals surface area (Å²) < 4.78 is 5.67. The van der Waals surface area contributed by atoms with E-state index in [1.54, 1.807) is 7.11 Å². The van der Waals surface area contributed by atoms with E-state index in [1.165, 1.54) is 0 Å². The number of carbonyl (C=O) groups is 1. The van der Waals surface area contributed by atoms with Crippen molar-refractivity contribution in [3.8, 4) is 0 Å². The van der Waals surface area contributed by atoms with Gasteiger partial charge in [0.05, 0.1) is 18.6 Å². The molecule has 1 heterocycles. The fraction of sp³-hybridized carbons (Fsp3) is 0.458. The van der Waals surface area contributed by atoms with Gasteiger partial charge in [0.2, 0.25) is 5.91 Å². The molecule has 0 radical (unpaired) electrons. The molecule has 150 valence electrons. The first-order chi connectivity index (χ1) is 13.6. The summed E-state index contributed by atoms with van der Waals surface area (Å²) in [6.07, 6.45) is 2.22. The number of hydrogen-bond donors (Lipinski definition) is 0. The van der Waals surface area contributed by atoms with Gasteiger partial charge in [-0.05, 0) is 44.4 Å². The van der Waals surface area contributed by atoms with Crippen molar-refractivity contribution in [3.63, 3.8) is 0 Å². The molecule has 4 nitrogen and oxygen atoms in total. The molecule has 1 fully saturated rings. The molecule has 0 saturated carbocycles. The number of amides is 1. The lowest BCUT2D eigenvalue weighted by molar-refractivity contribution is -0.120. The number of anilines is 1. The highest BCUT2D eigenvalue weighted by atomic mass is 16.5. The predicted molar refractivity (Wildman–Crippen MR) is 115 cm³/mol. The minimum atomic E-state index is -0.312. The largest absolute Gasteiger partial charge is 0.382 e. The molecule has 0 aliphatic carbocycles. The highest BCUT2D eigenvalue weighted by Gasteiger charge is 2.43. The van der Waals surface area contributed by atoms with Crippen LogP contribution in [0, 0.1) is 0 Å². The number of hydrogen-bond acceptors (Lipinski definition) is 3. The van der Waals surface area contributed by atoms with Gasteiger partial charge in [0, 0.05) is 31.9 Å². The van der Waals surface area contributed by atoms with Crippen LogP contribution in [-0.2, 0) is 16.0 Å². The van der Waals surface area contributed by atoms with Crippen molar-refractivity contribution in [1.29, 1.82) is 0 Å². The maximum atomic E-state index is 13.6. The monoisotopic (exact) mass is 380 g/mol. The van der Waals surface area contributed by atoms with E-state index >= 15 is 0 Å². The van der Waals surface area contributed by atoms with Crippen molar-refractivity contribution >= 4 is 11.6 Å². The quantitative estimate of drug-likeness (QED) is 0.723. The van der Waals surface area contributed by atoms with Gasteiger partial charge in [0.25, 0.3) is 0 Å². The van der Waals surface area contributed by atoms with E-state index in [-0.39, 0.29) is 11.4 Å². The molecule has 28 heavy (non-hydrogen) atoms. The first kappa shape index (κ1) is 20.6. The standard InChI is InChI=1S/C24H32N2O2/c1-20(2)25-16-14-24(15-17-25,19-28-3)26(22-12-8-5-9-13-22)23(27)18-21-10-6-4-7-11-21/h4-13,20H,14-19H2,1-3H3. The molecule has 1 saturated heterocycles. The number of ether oxygens (including phenoxy) is 1. The number of likely N-dealkylation sites (tertiary alicyclic amines) is 1. The van der Waals surface area contributed by atoms with Crippen LogP contribution in [0.5, 0.6) is 0 Å². The van der Waals surface area contributed by atoms with Gasteiger partial charge in [0.1, 0.15) is 0 Å². The Bertz CT molecular complexity index is 738. The average Bonchev–Trinajstić information content (AvgIpc) is 2.70. The van der Waals surface area contributed by atoms with Crippen LogP contribution >= 0.6 is 0 Å². The fourth-order valence-electron chi connectivity index (χ4n) is 4.27. The number of rotatable bonds is 7. The summed E-state index contributed by atoms with van der Waals surface area (Å²) in [7, 11) is 1.74. The lowest BCUT2D eigenvalue weighted by Crippen LogP contribution is -2.61. The summed E-state index contributed by atoms with van der Waals surface area (Å²) >= 11 is 0. The first-order valence-corrected chi connectivity index (χ1v) is 10.2. The molecule has 0 atom stereocenters. The Morgan fingerprint density at radius 1 is 1.04 bits per heavy atom. The van der Waals surface area contributed by atoms with E-state index in [9.17, 15) is 4.79 Å². The minimum absolute atomic E-state index is 0.132. The molecule has 0 unspecified atom stereocenters. The number of methoxy groups -OCH3 is 1. The summed E-state index contributed by atoms with van der Waals surface area (Å²) in [5.74, 6) is 0.132. The maximum Gasteiger partial charge on any atom is 0.232 e. The van der Waals surface area contributed by atoms with E-state index in [4.69, 9.17) is 4.74 Å². The normalized spacial score (nSPS) is 16.9. The Balaban J connectivity index is 1.93. The Morgan fingerprint density at radius 3 is 2.14 bits per heavy atom. The van der Waals surface area contributed by atoms with E-state index in [1.807, 2.05) is 65.6 Å². The van der Waals surface area contributed by atoms with Gasteiger partial charge in [-0.25, -0.2) is 0 Å². The first-order valence-electron chi connectivity index (χ1n) is 10.2. The van der Waals surface area contributed by atoms with Gasteiger partial charge in [0.15, 0.2) is 0 Å². The molecule has 0 spiro atoms. The summed E-state index contributed by atoms with van der Waals surface area (Å²) in [6, 6.07) is 20.6. The Hall–Kier alpha value is -2.17. The van der Waals surface area contributed by atoms with E-state index < -0.39 is 0 Å². The summed E-state index contributed by atoms with van der Waals surface area (Å²) in [5, 5.41) is 0. The second-order valence-corrected chi connectivity index (χ2v) is 8.01. The molecule has 4 heteroatoms. The second kappa shape index (κ2) is 9.35. The third-order valence-electron chi connectivity index (χ3n) is 5.81. The highest BCUT2D eigenvalue weighted by Crippen LogP contribution is 2.35. The van der Waals surface area contributed by atoms with Gasteiger partial charge in [-0.15, -0.1) is 0 Å². The fourth-order valence-corrected chi connectivity index (χ4v) is 4.27. The average molecular weight is 381 g/mol. The zero-order valence-corrected chi connectivity index (χ0v) is 17.3. The van der Waals surface area contributed by atoms with E-state index in [0.717, 1.165) is 37.2 Å². The molecule has 2 aromatic carbocycles. The van der Waals surface area contributed by atoms with E-state index in [0.29, 0.717) is 19.1 Å². The van der Waals surface area contributed by atoms with Crippen LogP contribution < -0.4 is 4.90 Å². The number of carbonyl (C=O) groups excluding carboxylic acids is 1. The number of piperidine rings is 1. The Labute approximate surface area is 169 Å². The van der Waals surface area contributed by atoms with Crippen LogP contribution in [0.2, 0.25) is 0 Å². The van der Waals surface area contributed by atoms with Crippen molar-refractivity contribution < 1.29 is 9.53 Å². The zero-order valence-electron chi connectivity index (χ0n) is 17.3. The van der Waals surface area contributed by atoms with Crippen LogP contribution in [0.15, 0.2) is 60.7 Å². The maximum absolute atomic E-state index is 13.6. The third kappa shape index (κ3) is 4.62. The van der Waals surface area contributed by atoms with Crippen molar-refractivity contribution in [3.05, 3.63) is 66.2 Å². The van der Waals surface area contributed by atoms with Gasteiger partial charge in [-0.3, -0.25) is 4.79 Å². The lowest BCUT2D eigenvalue weighted by atomic mass is 9.84. The number of nitrogens with zero attached hydrogens (tertiary/aromatic N) is 2. The smallest absolute Gasteiger partial charge is 0.232 e. The molecular formula is C24H32N2O2. The van der Waals surface area contributed by atoms with Crippen LogP contribution in [0.4, 0.5) is 5.69 Å². The Morgan fingerprint density at radius 2 is 1.61 bits per heavy atom. The van der Waals surface area contributed by atoms with Crippen molar-refractivity contribution in [2.24, 2.45) is 0 Å². The van der Waals surface area contributed by atoms with Gasteiger partial charge >= 0.3 is 0 Å². The topological polar surface area (TPSA) is 32.8 Å². The summed E-state index contributed by atoms with van der Waals surface area (Å²) in [5.41, 5.74) is 1.69. The molecule has 0 N–H and O–H groups in total. The van der Waals surface area contributed by atoms with E-state index in [2.05, 4.69) is 18.7 Å². The number of benzene rings is 2. The molecular weight excluding hydrogens is 348 g/mol. The third-order valence-corrected chi connectivity index (χ3v) is 5.81. The molecule has 1 aliphatic heterocycles. The van der Waals surface area contributed by atoms with Crippen LogP contribution in [0.3, 0.4) is 0 Å². The van der Waals surface area contributed by atoms with Crippen LogP contribution in [-0.4, -0.2) is 49.2 Å². The molecule has 3 rings (SSSR count). The summed E-state index contributed by atoms with van der Waals surface area (Å²) in [6.45, 7) is 6.97. The number of para-hydroxylation sites is 1. The lowest BCUT2D eigenvalue weighted by Gasteiger charge is -2.49. The second-order valence-electron chi connectivity index (χ2n) is 8.01. The molecule has 1 amide bonds. The van der Waals surface area contributed by atoms with Crippen LogP contribution in [0.1, 0.15) is 32.3 Å². The molecule has 0 bridgehead atoms. The zero-order chi connectivity index (χ0) is 20.0. The highest BCUT2D eigenvalue weighted by molar-refractivity contribution is 5.96. The predicted octanol–water partition coefficient (Wildman–Crippen LogP) is 4.15. The molecule has 1 aliphatic rings. The van der Waals surface area contributed by atoms with Gasteiger partial charge < -0.3 is 14.5 Å². The summed E-state index contributed by atoms with van der Waals surface area (Å²) in [4.78, 5) is 18.1. The van der Waals surface area contributed by atoms with Crippen LogP contribution in [0.25, 0.3) is 0 Å². The minimum Gasteiger partial charge on any atom is -0.382 e. The van der Waals surface area contributed by atoms with Crippen molar-refractivity contribution in [2.45, 2.75) is 44.7 Å². The molecule has 2 aromatic rings. The molecule has 0 aromatic heterocycles. The van der Waals surface area contributed by atoms with Gasteiger partial charge in [-0.1, -0.05) is 48.5 Å². The SMILES string of the molecule is COCC1(N(C(=O)Cc2ccccc2)c2ccccc2)CCN(C(C)C)CC1. The van der Waals surface area contributed by atoms with Crippen molar-refractivity contribution in [2.75, 3.05) is 31.7 Å². The van der Waals surface area contributed by atoms with Crippen molar-refractivity contribution in [1.82, 2.24) is 4.90 Å².